The van der Waals surface area contributed by atoms with Crippen molar-refractivity contribution in [3.05, 3.63) is 47.0 Å². The molecule has 0 amide bonds. The molecule has 1 aromatic carbocycles. The number of carbonyl (C=O) groups is 1. The molecular formula is C13H10ClF2NO3. The summed E-state index contributed by atoms with van der Waals surface area (Å²) in [5.74, 6) is -3.83. The highest BCUT2D eigenvalue weighted by molar-refractivity contribution is 6.33. The number of carboxylic acid groups (broad SMARTS) is 1. The van der Waals surface area contributed by atoms with Crippen molar-refractivity contribution in [2.45, 2.75) is 12.5 Å². The summed E-state index contributed by atoms with van der Waals surface area (Å²) in [7, 11) is 0. The highest BCUT2D eigenvalue weighted by Gasteiger charge is 2.55. The normalized spacial score (nSPS) is 25.0. The van der Waals surface area contributed by atoms with Crippen molar-refractivity contribution in [2.24, 2.45) is 11.1 Å². The van der Waals surface area contributed by atoms with Crippen LogP contribution in [0.2, 0.25) is 0 Å². The Hall–Kier alpha value is -1.95. The van der Waals surface area contributed by atoms with E-state index < -0.39 is 29.1 Å². The molecule has 1 aliphatic rings. The lowest BCUT2D eigenvalue weighted by molar-refractivity contribution is -0.160. The van der Waals surface area contributed by atoms with Crippen molar-refractivity contribution in [1.82, 2.24) is 0 Å². The SMILES string of the molecule is C=C(Cl)C1(C(=O)O)ON=C(c2cc(F)cc(F)c2)C1C. The van der Waals surface area contributed by atoms with Gasteiger partial charge in [0, 0.05) is 11.6 Å². The van der Waals surface area contributed by atoms with Gasteiger partial charge in [0.25, 0.3) is 5.60 Å². The lowest BCUT2D eigenvalue weighted by Gasteiger charge is -2.25. The Bertz CT molecular complexity index is 596. The van der Waals surface area contributed by atoms with Crippen LogP contribution in [0.5, 0.6) is 0 Å². The molecule has 1 N–H and O–H groups in total. The highest BCUT2D eigenvalue weighted by Crippen LogP contribution is 2.39. The van der Waals surface area contributed by atoms with E-state index in [1.807, 2.05) is 0 Å². The Labute approximate surface area is 118 Å². The predicted molar refractivity (Wildman–Crippen MR) is 68.5 cm³/mol. The summed E-state index contributed by atoms with van der Waals surface area (Å²) in [5, 5.41) is 12.6. The van der Waals surface area contributed by atoms with Gasteiger partial charge in [-0.25, -0.2) is 13.6 Å². The third-order valence-electron chi connectivity index (χ3n) is 3.19. The molecule has 0 fully saturated rings. The van der Waals surface area contributed by atoms with E-state index in [9.17, 15) is 18.7 Å². The average Bonchev–Trinajstić information content (AvgIpc) is 2.66. The zero-order chi connectivity index (χ0) is 15.1. The third-order valence-corrected chi connectivity index (χ3v) is 3.47. The van der Waals surface area contributed by atoms with Gasteiger partial charge in [0.1, 0.15) is 11.6 Å². The van der Waals surface area contributed by atoms with Crippen LogP contribution in [0.3, 0.4) is 0 Å². The predicted octanol–water partition coefficient (Wildman–Crippen LogP) is 2.91. The first-order valence-electron chi connectivity index (χ1n) is 5.60. The lowest BCUT2D eigenvalue weighted by Crippen LogP contribution is -2.45. The summed E-state index contributed by atoms with van der Waals surface area (Å²) < 4.78 is 26.4. The number of rotatable bonds is 3. The number of hydrogen-bond acceptors (Lipinski definition) is 3. The van der Waals surface area contributed by atoms with E-state index in [1.165, 1.54) is 6.92 Å². The summed E-state index contributed by atoms with van der Waals surface area (Å²) in [5.41, 5.74) is -1.76. The van der Waals surface area contributed by atoms with Gasteiger partial charge in [-0.2, -0.15) is 0 Å². The van der Waals surface area contributed by atoms with Gasteiger partial charge in [-0.15, -0.1) is 0 Å². The summed E-state index contributed by atoms with van der Waals surface area (Å²) in [6, 6.07) is 2.78. The number of carboxylic acids is 1. The van der Waals surface area contributed by atoms with Crippen LogP contribution in [0.1, 0.15) is 12.5 Å². The van der Waals surface area contributed by atoms with E-state index in [4.69, 9.17) is 16.4 Å². The summed E-state index contributed by atoms with van der Waals surface area (Å²) in [6.07, 6.45) is 0. The average molecular weight is 302 g/mol. The summed E-state index contributed by atoms with van der Waals surface area (Å²) in [4.78, 5) is 16.3. The molecule has 7 heteroatoms. The second-order valence-corrected chi connectivity index (χ2v) is 4.85. The quantitative estimate of drug-likeness (QED) is 0.934. The van der Waals surface area contributed by atoms with E-state index in [-0.39, 0.29) is 16.3 Å². The Morgan fingerprint density at radius 1 is 1.45 bits per heavy atom. The van der Waals surface area contributed by atoms with Gasteiger partial charge in [-0.1, -0.05) is 30.3 Å². The Kier molecular flexibility index (Phi) is 3.52. The van der Waals surface area contributed by atoms with E-state index in [0.29, 0.717) is 6.07 Å². The summed E-state index contributed by atoms with van der Waals surface area (Å²) >= 11 is 5.72. The van der Waals surface area contributed by atoms with Crippen molar-refractivity contribution in [1.29, 1.82) is 0 Å². The molecule has 1 aromatic rings. The molecule has 2 unspecified atom stereocenters. The van der Waals surface area contributed by atoms with E-state index in [1.54, 1.807) is 0 Å². The smallest absolute Gasteiger partial charge is 0.357 e. The molecular weight excluding hydrogens is 292 g/mol. The topological polar surface area (TPSA) is 58.9 Å². The Balaban J connectivity index is 2.47. The number of hydrogen-bond donors (Lipinski definition) is 1. The number of aliphatic carboxylic acids is 1. The highest BCUT2D eigenvalue weighted by atomic mass is 35.5. The molecule has 1 aliphatic heterocycles. The molecule has 2 rings (SSSR count). The van der Waals surface area contributed by atoms with Gasteiger partial charge in [0.2, 0.25) is 0 Å². The lowest BCUT2D eigenvalue weighted by atomic mass is 9.83. The molecule has 0 saturated heterocycles. The molecule has 0 aliphatic carbocycles. The van der Waals surface area contributed by atoms with Gasteiger partial charge >= 0.3 is 5.97 Å². The van der Waals surface area contributed by atoms with Gasteiger partial charge in [0.05, 0.1) is 16.7 Å². The van der Waals surface area contributed by atoms with Crippen molar-refractivity contribution < 1.29 is 23.5 Å². The molecule has 0 aromatic heterocycles. The number of benzene rings is 1. The third kappa shape index (κ3) is 2.06. The van der Waals surface area contributed by atoms with Crippen LogP contribution in [0, 0.1) is 17.6 Å². The largest absolute Gasteiger partial charge is 0.478 e. The van der Waals surface area contributed by atoms with Crippen LogP contribution in [0.15, 0.2) is 35.0 Å². The Morgan fingerprint density at radius 3 is 2.40 bits per heavy atom. The van der Waals surface area contributed by atoms with Crippen LogP contribution in [0.25, 0.3) is 0 Å². The van der Waals surface area contributed by atoms with E-state index >= 15 is 0 Å². The van der Waals surface area contributed by atoms with Crippen LogP contribution in [-0.2, 0) is 9.63 Å². The second-order valence-electron chi connectivity index (χ2n) is 4.39. The van der Waals surface area contributed by atoms with Crippen molar-refractivity contribution >= 4 is 23.3 Å². The first kappa shape index (κ1) is 14.5. The van der Waals surface area contributed by atoms with Crippen molar-refractivity contribution in [3.63, 3.8) is 0 Å². The molecule has 0 spiro atoms. The maximum Gasteiger partial charge on any atom is 0.357 e. The second kappa shape index (κ2) is 4.86. The minimum atomic E-state index is -1.94. The van der Waals surface area contributed by atoms with E-state index in [0.717, 1.165) is 12.1 Å². The fraction of sp³-hybridized carbons (Fsp3) is 0.231. The van der Waals surface area contributed by atoms with Crippen LogP contribution >= 0.6 is 11.6 Å². The fourth-order valence-corrected chi connectivity index (χ4v) is 2.38. The fourth-order valence-electron chi connectivity index (χ4n) is 2.10. The Morgan fingerprint density at radius 2 is 2.00 bits per heavy atom. The van der Waals surface area contributed by atoms with Crippen molar-refractivity contribution in [3.8, 4) is 0 Å². The maximum absolute atomic E-state index is 13.2. The molecule has 0 bridgehead atoms. The van der Waals surface area contributed by atoms with Crippen LogP contribution in [0.4, 0.5) is 8.78 Å². The number of nitrogens with zero attached hydrogens (tertiary/aromatic N) is 1. The van der Waals surface area contributed by atoms with Crippen LogP contribution < -0.4 is 0 Å². The monoisotopic (exact) mass is 301 g/mol. The zero-order valence-electron chi connectivity index (χ0n) is 10.4. The van der Waals surface area contributed by atoms with Gasteiger partial charge in [0.15, 0.2) is 0 Å². The number of halogens is 3. The van der Waals surface area contributed by atoms with Crippen LogP contribution in [-0.4, -0.2) is 22.4 Å². The molecule has 20 heavy (non-hydrogen) atoms. The minimum absolute atomic E-state index is 0.0904. The minimum Gasteiger partial charge on any atom is -0.478 e. The van der Waals surface area contributed by atoms with E-state index in [2.05, 4.69) is 11.7 Å². The number of oxime groups is 1. The zero-order valence-corrected chi connectivity index (χ0v) is 11.1. The van der Waals surface area contributed by atoms with Crippen molar-refractivity contribution in [2.75, 3.05) is 0 Å². The first-order valence-corrected chi connectivity index (χ1v) is 5.97. The standard InChI is InChI=1S/C13H10ClF2NO3/c1-6-11(8-3-9(15)5-10(16)4-8)17-20-13(6,7(2)14)12(18)19/h3-6H,2H2,1H3,(H,18,19). The van der Waals surface area contributed by atoms with Gasteiger partial charge in [-0.3, -0.25) is 0 Å². The molecule has 0 saturated carbocycles. The molecule has 0 radical (unpaired) electrons. The summed E-state index contributed by atoms with van der Waals surface area (Å²) in [6.45, 7) is 4.86. The molecule has 1 heterocycles. The van der Waals surface area contributed by atoms with Gasteiger partial charge < -0.3 is 9.94 Å². The maximum atomic E-state index is 13.2. The molecule has 4 nitrogen and oxygen atoms in total. The molecule has 106 valence electrons. The molecule has 2 atom stereocenters. The van der Waals surface area contributed by atoms with Gasteiger partial charge in [-0.05, 0) is 12.1 Å². The first-order chi connectivity index (χ1) is 9.29.